The summed E-state index contributed by atoms with van der Waals surface area (Å²) in [5, 5.41) is 0. The molecule has 2 aromatic rings. The maximum Gasteiger partial charge on any atom is 0.344 e. The summed E-state index contributed by atoms with van der Waals surface area (Å²) in [6.45, 7) is 2.28. The van der Waals surface area contributed by atoms with Crippen LogP contribution in [0, 0.1) is 6.92 Å². The van der Waals surface area contributed by atoms with Crippen molar-refractivity contribution in [3.8, 4) is 5.75 Å². The van der Waals surface area contributed by atoms with Crippen molar-refractivity contribution in [2.75, 3.05) is 19.8 Å². The number of fused-ring (bicyclic) bond motifs is 1. The number of hydrogen-bond acceptors (Lipinski definition) is 5. The highest BCUT2D eigenvalue weighted by atomic mass is 16.6. The van der Waals surface area contributed by atoms with E-state index in [-0.39, 0.29) is 25.0 Å². The van der Waals surface area contributed by atoms with Crippen molar-refractivity contribution < 1.29 is 23.9 Å². The number of esters is 1. The molecule has 0 unspecified atom stereocenters. The third-order valence-electron chi connectivity index (χ3n) is 4.36. The fourth-order valence-electron chi connectivity index (χ4n) is 2.90. The van der Waals surface area contributed by atoms with Crippen molar-refractivity contribution in [3.63, 3.8) is 0 Å². The molecule has 1 aliphatic rings. The van der Waals surface area contributed by atoms with Gasteiger partial charge in [-0.15, -0.1) is 0 Å². The Bertz CT molecular complexity index is 826. The fourth-order valence-corrected chi connectivity index (χ4v) is 2.90. The number of benzene rings is 2. The van der Waals surface area contributed by atoms with Crippen molar-refractivity contribution in [1.82, 2.24) is 4.90 Å². The molecule has 6 heteroatoms. The van der Waals surface area contributed by atoms with Gasteiger partial charge >= 0.3 is 5.97 Å². The van der Waals surface area contributed by atoms with Crippen LogP contribution in [0.5, 0.6) is 5.75 Å². The average molecular weight is 367 g/mol. The van der Waals surface area contributed by atoms with Gasteiger partial charge in [-0.25, -0.2) is 4.79 Å². The lowest BCUT2D eigenvalue weighted by Gasteiger charge is -2.13. The third kappa shape index (κ3) is 4.34. The quantitative estimate of drug-likeness (QED) is 0.407. The van der Waals surface area contributed by atoms with E-state index < -0.39 is 5.97 Å². The van der Waals surface area contributed by atoms with Gasteiger partial charge in [-0.2, -0.15) is 0 Å². The number of carbonyl (C=O) groups excluding carboxylic acids is 3. The second-order valence-electron chi connectivity index (χ2n) is 6.29. The van der Waals surface area contributed by atoms with E-state index in [1.54, 1.807) is 30.3 Å². The molecule has 2 amide bonds. The molecule has 3 rings (SSSR count). The molecule has 1 heterocycles. The van der Waals surface area contributed by atoms with E-state index in [4.69, 9.17) is 9.47 Å². The number of imide groups is 1. The molecule has 0 saturated heterocycles. The molecule has 0 radical (unpaired) electrons. The van der Waals surface area contributed by atoms with Crippen LogP contribution in [0.3, 0.4) is 0 Å². The van der Waals surface area contributed by atoms with Crippen molar-refractivity contribution in [3.05, 3.63) is 65.2 Å². The number of para-hydroxylation sites is 1. The summed E-state index contributed by atoms with van der Waals surface area (Å²) in [5.41, 5.74) is 1.84. The fraction of sp³-hybridized carbons (Fsp3) is 0.286. The maximum atomic E-state index is 12.2. The van der Waals surface area contributed by atoms with Gasteiger partial charge in [-0.05, 0) is 43.5 Å². The van der Waals surface area contributed by atoms with E-state index in [0.717, 1.165) is 5.56 Å². The molecular weight excluding hydrogens is 346 g/mol. The van der Waals surface area contributed by atoms with Gasteiger partial charge in [0.25, 0.3) is 11.8 Å². The molecule has 140 valence electrons. The number of amides is 2. The molecule has 0 N–H and O–H groups in total. The maximum absolute atomic E-state index is 12.2. The first kappa shape index (κ1) is 18.6. The monoisotopic (exact) mass is 367 g/mol. The first-order valence-corrected chi connectivity index (χ1v) is 8.87. The number of ether oxygens (including phenoxy) is 2. The molecular formula is C21H21NO5. The van der Waals surface area contributed by atoms with Gasteiger partial charge in [0.1, 0.15) is 5.75 Å². The Kier molecular flexibility index (Phi) is 5.86. The Labute approximate surface area is 157 Å². The van der Waals surface area contributed by atoms with Gasteiger partial charge < -0.3 is 9.47 Å². The summed E-state index contributed by atoms with van der Waals surface area (Å²) in [7, 11) is 0. The number of unbranched alkanes of at least 4 members (excludes halogenated alkanes) is 1. The highest BCUT2D eigenvalue weighted by molar-refractivity contribution is 6.21. The van der Waals surface area contributed by atoms with E-state index in [1.807, 2.05) is 25.1 Å². The van der Waals surface area contributed by atoms with E-state index in [0.29, 0.717) is 36.3 Å². The van der Waals surface area contributed by atoms with Crippen LogP contribution in [-0.4, -0.2) is 42.4 Å². The third-order valence-corrected chi connectivity index (χ3v) is 4.36. The van der Waals surface area contributed by atoms with Gasteiger partial charge in [0.05, 0.1) is 17.7 Å². The van der Waals surface area contributed by atoms with Crippen LogP contribution >= 0.6 is 0 Å². The zero-order valence-corrected chi connectivity index (χ0v) is 15.1. The van der Waals surface area contributed by atoms with Crippen LogP contribution < -0.4 is 4.74 Å². The lowest BCUT2D eigenvalue weighted by molar-refractivity contribution is -0.146. The number of nitrogens with zero attached hydrogens (tertiary/aromatic N) is 1. The number of rotatable bonds is 8. The number of carbonyl (C=O) groups is 3. The molecule has 0 fully saturated rings. The van der Waals surface area contributed by atoms with E-state index in [1.165, 1.54) is 4.90 Å². The highest BCUT2D eigenvalue weighted by Gasteiger charge is 2.34. The topological polar surface area (TPSA) is 72.9 Å². The van der Waals surface area contributed by atoms with Gasteiger partial charge in [0.15, 0.2) is 6.61 Å². The predicted octanol–water partition coefficient (Wildman–Crippen LogP) is 2.99. The molecule has 0 aliphatic carbocycles. The zero-order valence-electron chi connectivity index (χ0n) is 15.1. The lowest BCUT2D eigenvalue weighted by atomic mass is 10.1. The van der Waals surface area contributed by atoms with E-state index in [2.05, 4.69) is 0 Å². The van der Waals surface area contributed by atoms with Crippen molar-refractivity contribution in [1.29, 1.82) is 0 Å². The standard InChI is InChI=1S/C21H21NO5/c1-15-8-2-5-11-18(15)27-14-19(23)26-13-7-6-12-22-20(24)16-9-3-4-10-17(16)21(22)25/h2-5,8-11H,6-7,12-14H2,1H3. The predicted molar refractivity (Wildman–Crippen MR) is 98.7 cm³/mol. The van der Waals surface area contributed by atoms with Crippen LogP contribution in [0.1, 0.15) is 39.1 Å². The van der Waals surface area contributed by atoms with Gasteiger partial charge in [0, 0.05) is 6.54 Å². The minimum absolute atomic E-state index is 0.150. The minimum Gasteiger partial charge on any atom is -0.482 e. The van der Waals surface area contributed by atoms with Gasteiger partial charge in [-0.1, -0.05) is 30.3 Å². The van der Waals surface area contributed by atoms with Crippen molar-refractivity contribution in [2.45, 2.75) is 19.8 Å². The Morgan fingerprint density at radius 1 is 0.926 bits per heavy atom. The lowest BCUT2D eigenvalue weighted by Crippen LogP contribution is -2.30. The molecule has 0 atom stereocenters. The van der Waals surface area contributed by atoms with Crippen molar-refractivity contribution >= 4 is 17.8 Å². The summed E-state index contributed by atoms with van der Waals surface area (Å²) in [5.74, 6) is -0.322. The van der Waals surface area contributed by atoms with Crippen LogP contribution in [0.4, 0.5) is 0 Å². The van der Waals surface area contributed by atoms with Crippen LogP contribution in [0.15, 0.2) is 48.5 Å². The van der Waals surface area contributed by atoms with Gasteiger partial charge in [-0.3, -0.25) is 14.5 Å². The molecule has 1 aliphatic heterocycles. The number of hydrogen-bond donors (Lipinski definition) is 0. The first-order chi connectivity index (χ1) is 13.1. The first-order valence-electron chi connectivity index (χ1n) is 8.87. The molecule has 0 saturated carbocycles. The number of aryl methyl sites for hydroxylation is 1. The second kappa shape index (κ2) is 8.49. The van der Waals surface area contributed by atoms with Crippen LogP contribution in [0.25, 0.3) is 0 Å². The molecule has 6 nitrogen and oxygen atoms in total. The largest absolute Gasteiger partial charge is 0.482 e. The molecule has 2 aromatic carbocycles. The van der Waals surface area contributed by atoms with Crippen molar-refractivity contribution in [2.24, 2.45) is 0 Å². The molecule has 0 spiro atoms. The Balaban J connectivity index is 1.35. The summed E-state index contributed by atoms with van der Waals surface area (Å²) in [4.78, 5) is 37.4. The summed E-state index contributed by atoms with van der Waals surface area (Å²) < 4.78 is 10.6. The normalized spacial score (nSPS) is 12.9. The van der Waals surface area contributed by atoms with Crippen LogP contribution in [-0.2, 0) is 9.53 Å². The van der Waals surface area contributed by atoms with Gasteiger partial charge in [0.2, 0.25) is 0 Å². The summed E-state index contributed by atoms with van der Waals surface area (Å²) in [6, 6.07) is 14.2. The zero-order chi connectivity index (χ0) is 19.2. The molecule has 0 bridgehead atoms. The summed E-state index contributed by atoms with van der Waals surface area (Å²) >= 11 is 0. The second-order valence-corrected chi connectivity index (χ2v) is 6.29. The Hall–Kier alpha value is -3.15. The molecule has 0 aromatic heterocycles. The highest BCUT2D eigenvalue weighted by Crippen LogP contribution is 2.22. The molecule has 27 heavy (non-hydrogen) atoms. The SMILES string of the molecule is Cc1ccccc1OCC(=O)OCCCCN1C(=O)c2ccccc2C1=O. The summed E-state index contributed by atoms with van der Waals surface area (Å²) in [6.07, 6.45) is 1.13. The Morgan fingerprint density at radius 3 is 2.22 bits per heavy atom. The minimum atomic E-state index is -0.445. The smallest absolute Gasteiger partial charge is 0.344 e. The van der Waals surface area contributed by atoms with E-state index >= 15 is 0 Å². The van der Waals surface area contributed by atoms with E-state index in [9.17, 15) is 14.4 Å². The van der Waals surface area contributed by atoms with Crippen LogP contribution in [0.2, 0.25) is 0 Å². The Morgan fingerprint density at radius 2 is 1.56 bits per heavy atom. The average Bonchev–Trinajstić information content (AvgIpc) is 2.92.